The van der Waals surface area contributed by atoms with Gasteiger partial charge in [-0.05, 0) is 46.0 Å². The lowest BCUT2D eigenvalue weighted by molar-refractivity contribution is -0.132. The zero-order valence-electron chi connectivity index (χ0n) is 13.4. The first-order chi connectivity index (χ1) is 9.40. The first-order valence-electron chi connectivity index (χ1n) is 7.73. The molecule has 6 heteroatoms. The van der Waals surface area contributed by atoms with Crippen LogP contribution in [0.4, 0.5) is 0 Å². The predicted molar refractivity (Wildman–Crippen MR) is 87.3 cm³/mol. The number of piperidine rings is 1. The van der Waals surface area contributed by atoms with E-state index < -0.39 is 0 Å². The van der Waals surface area contributed by atoms with Crippen LogP contribution in [0.3, 0.4) is 0 Å². The smallest absolute Gasteiger partial charge is 0.222 e. The number of carbonyl (C=O) groups is 2. The Bertz CT molecular complexity index is 327. The molecule has 1 unspecified atom stereocenters. The van der Waals surface area contributed by atoms with Crippen LogP contribution in [-0.4, -0.2) is 41.9 Å². The lowest BCUT2D eigenvalue weighted by Gasteiger charge is -2.33. The molecule has 1 rings (SSSR count). The van der Waals surface area contributed by atoms with Gasteiger partial charge in [0.05, 0.1) is 0 Å². The number of carbonyl (C=O) groups excluding carboxylic acids is 2. The maximum atomic E-state index is 12.0. The zero-order valence-corrected chi connectivity index (χ0v) is 14.2. The second-order valence-electron chi connectivity index (χ2n) is 6.15. The average Bonchev–Trinajstić information content (AvgIpc) is 2.37. The summed E-state index contributed by atoms with van der Waals surface area (Å²) in [5.74, 6) is 0.741. The summed E-state index contributed by atoms with van der Waals surface area (Å²) in [5.41, 5.74) is 5.89. The molecule has 0 aromatic heterocycles. The minimum atomic E-state index is 0. The third-order valence-electron chi connectivity index (χ3n) is 3.88. The monoisotopic (exact) mass is 319 g/mol. The first kappa shape index (κ1) is 20.2. The van der Waals surface area contributed by atoms with Crippen molar-refractivity contribution in [2.24, 2.45) is 11.7 Å². The molecule has 1 heterocycles. The Morgan fingerprint density at radius 2 is 1.76 bits per heavy atom. The Balaban J connectivity index is 0.00000400. The van der Waals surface area contributed by atoms with Crippen molar-refractivity contribution in [1.29, 1.82) is 0 Å². The highest BCUT2D eigenvalue weighted by molar-refractivity contribution is 5.85. The van der Waals surface area contributed by atoms with Gasteiger partial charge in [0.15, 0.2) is 0 Å². The molecular formula is C15H30ClN3O2. The first-order valence-corrected chi connectivity index (χ1v) is 7.73. The molecule has 1 aliphatic rings. The van der Waals surface area contributed by atoms with E-state index >= 15 is 0 Å². The Labute approximate surface area is 134 Å². The molecule has 0 aliphatic carbocycles. The molecule has 3 N–H and O–H groups in total. The Morgan fingerprint density at radius 3 is 2.24 bits per heavy atom. The van der Waals surface area contributed by atoms with Gasteiger partial charge in [-0.3, -0.25) is 9.59 Å². The molecule has 1 fully saturated rings. The van der Waals surface area contributed by atoms with Gasteiger partial charge in [0.2, 0.25) is 11.8 Å². The van der Waals surface area contributed by atoms with Crippen molar-refractivity contribution in [3.63, 3.8) is 0 Å². The number of likely N-dealkylation sites (tertiary alicyclic amines) is 1. The molecule has 0 bridgehead atoms. The topological polar surface area (TPSA) is 75.4 Å². The normalized spacial score (nSPS) is 17.3. The Kier molecular flexibility index (Phi) is 9.62. The molecule has 1 saturated heterocycles. The highest BCUT2D eigenvalue weighted by Crippen LogP contribution is 2.20. The van der Waals surface area contributed by atoms with E-state index in [0.29, 0.717) is 25.2 Å². The molecule has 0 radical (unpaired) electrons. The summed E-state index contributed by atoms with van der Waals surface area (Å²) in [6, 6.07) is 0.377. The molecular weight excluding hydrogens is 290 g/mol. The molecule has 5 nitrogen and oxygen atoms in total. The lowest BCUT2D eigenvalue weighted by Crippen LogP contribution is -2.42. The molecule has 1 aliphatic heterocycles. The van der Waals surface area contributed by atoms with Crippen molar-refractivity contribution >= 4 is 24.2 Å². The quantitative estimate of drug-likeness (QED) is 0.782. The fourth-order valence-electron chi connectivity index (χ4n) is 2.63. The maximum Gasteiger partial charge on any atom is 0.222 e. The van der Waals surface area contributed by atoms with Gasteiger partial charge in [-0.2, -0.15) is 0 Å². The lowest BCUT2D eigenvalue weighted by atomic mass is 9.91. The summed E-state index contributed by atoms with van der Waals surface area (Å²) in [5, 5.41) is 2.84. The number of nitrogens with two attached hydrogens (primary N) is 1. The summed E-state index contributed by atoms with van der Waals surface area (Å²) in [7, 11) is 0. The van der Waals surface area contributed by atoms with Crippen LogP contribution in [0, 0.1) is 5.92 Å². The van der Waals surface area contributed by atoms with Crippen LogP contribution in [0.5, 0.6) is 0 Å². The van der Waals surface area contributed by atoms with Crippen molar-refractivity contribution in [3.05, 3.63) is 0 Å². The highest BCUT2D eigenvalue weighted by atomic mass is 35.5. The molecule has 21 heavy (non-hydrogen) atoms. The van der Waals surface area contributed by atoms with E-state index in [9.17, 15) is 9.59 Å². The van der Waals surface area contributed by atoms with Crippen LogP contribution >= 0.6 is 12.4 Å². The standard InChI is InChI=1S/C15H29N3O2.ClH/c1-11(2)17-14(19)5-4-6-15(20)18-9-7-13(8-10-18)12(3)16;/h11-13H,4-10,16H2,1-3H3,(H,17,19);1H. The van der Waals surface area contributed by atoms with Gasteiger partial charge in [-0.15, -0.1) is 12.4 Å². The number of hydrogen-bond donors (Lipinski definition) is 2. The van der Waals surface area contributed by atoms with Gasteiger partial charge in [-0.1, -0.05) is 0 Å². The molecule has 1 atom stereocenters. The molecule has 0 spiro atoms. The van der Waals surface area contributed by atoms with Crippen LogP contribution < -0.4 is 11.1 Å². The number of nitrogens with zero attached hydrogens (tertiary/aromatic N) is 1. The van der Waals surface area contributed by atoms with Crippen LogP contribution in [0.15, 0.2) is 0 Å². The summed E-state index contributed by atoms with van der Waals surface area (Å²) in [4.78, 5) is 25.4. The van der Waals surface area contributed by atoms with Crippen molar-refractivity contribution in [1.82, 2.24) is 10.2 Å². The third-order valence-corrected chi connectivity index (χ3v) is 3.88. The number of rotatable bonds is 6. The van der Waals surface area contributed by atoms with Gasteiger partial charge in [-0.25, -0.2) is 0 Å². The van der Waals surface area contributed by atoms with Gasteiger partial charge in [0.1, 0.15) is 0 Å². The van der Waals surface area contributed by atoms with E-state index in [-0.39, 0.29) is 36.3 Å². The van der Waals surface area contributed by atoms with Gasteiger partial charge < -0.3 is 16.0 Å². The van der Waals surface area contributed by atoms with E-state index in [2.05, 4.69) is 5.32 Å². The maximum absolute atomic E-state index is 12.0. The number of nitrogens with one attached hydrogen (secondary N) is 1. The van der Waals surface area contributed by atoms with Crippen LogP contribution in [-0.2, 0) is 9.59 Å². The van der Waals surface area contributed by atoms with E-state index in [0.717, 1.165) is 25.9 Å². The molecule has 0 aromatic rings. The summed E-state index contributed by atoms with van der Waals surface area (Å²) in [6.45, 7) is 7.53. The molecule has 124 valence electrons. The minimum Gasteiger partial charge on any atom is -0.354 e. The molecule has 0 saturated carbocycles. The fourth-order valence-corrected chi connectivity index (χ4v) is 2.63. The fraction of sp³-hybridized carbons (Fsp3) is 0.867. The Morgan fingerprint density at radius 1 is 1.19 bits per heavy atom. The van der Waals surface area contributed by atoms with Crippen LogP contribution in [0.25, 0.3) is 0 Å². The zero-order chi connectivity index (χ0) is 15.1. The largest absolute Gasteiger partial charge is 0.354 e. The SMILES string of the molecule is CC(C)NC(=O)CCCC(=O)N1CCC(C(C)N)CC1.Cl. The second-order valence-corrected chi connectivity index (χ2v) is 6.15. The third kappa shape index (κ3) is 7.67. The molecule has 2 amide bonds. The van der Waals surface area contributed by atoms with Gasteiger partial charge in [0.25, 0.3) is 0 Å². The molecule has 0 aromatic carbocycles. The van der Waals surface area contributed by atoms with Crippen LogP contribution in [0.1, 0.15) is 52.9 Å². The second kappa shape index (κ2) is 10.0. The van der Waals surface area contributed by atoms with Gasteiger partial charge in [0, 0.05) is 38.0 Å². The van der Waals surface area contributed by atoms with Crippen molar-refractivity contribution in [2.45, 2.75) is 65.0 Å². The van der Waals surface area contributed by atoms with E-state index in [1.807, 2.05) is 25.7 Å². The van der Waals surface area contributed by atoms with E-state index in [4.69, 9.17) is 5.73 Å². The minimum absolute atomic E-state index is 0. The van der Waals surface area contributed by atoms with Crippen molar-refractivity contribution in [3.8, 4) is 0 Å². The van der Waals surface area contributed by atoms with Crippen molar-refractivity contribution in [2.75, 3.05) is 13.1 Å². The predicted octanol–water partition coefficient (Wildman–Crippen LogP) is 1.69. The van der Waals surface area contributed by atoms with E-state index in [1.165, 1.54) is 0 Å². The highest BCUT2D eigenvalue weighted by Gasteiger charge is 2.24. The van der Waals surface area contributed by atoms with Gasteiger partial charge >= 0.3 is 0 Å². The number of amides is 2. The summed E-state index contributed by atoms with van der Waals surface area (Å²) in [6.07, 6.45) is 3.52. The summed E-state index contributed by atoms with van der Waals surface area (Å²) < 4.78 is 0. The Hall–Kier alpha value is -0.810. The van der Waals surface area contributed by atoms with E-state index in [1.54, 1.807) is 0 Å². The average molecular weight is 320 g/mol. The summed E-state index contributed by atoms with van der Waals surface area (Å²) >= 11 is 0. The number of halogens is 1. The van der Waals surface area contributed by atoms with Crippen molar-refractivity contribution < 1.29 is 9.59 Å². The number of hydrogen-bond acceptors (Lipinski definition) is 3. The van der Waals surface area contributed by atoms with Crippen LogP contribution in [0.2, 0.25) is 0 Å².